The molecule has 1 unspecified atom stereocenters. The Bertz CT molecular complexity index is 1650. The first-order valence-electron chi connectivity index (χ1n) is 11.5. The van der Waals surface area contributed by atoms with Gasteiger partial charge in [0.15, 0.2) is 17.3 Å². The topological polar surface area (TPSA) is 220 Å². The molecule has 0 bridgehead atoms. The summed E-state index contributed by atoms with van der Waals surface area (Å²) in [6.07, 6.45) is 3.11. The molecule has 0 saturated carbocycles. The number of pyridine rings is 1. The third-order valence-corrected chi connectivity index (χ3v) is 7.83. The summed E-state index contributed by atoms with van der Waals surface area (Å²) in [7, 11) is -6.11. The first-order chi connectivity index (χ1) is 19.4. The number of carbonyl (C=O) groups excluding carboxylic acids is 2. The van der Waals surface area contributed by atoms with E-state index in [1.165, 1.54) is 64.0 Å². The van der Waals surface area contributed by atoms with Gasteiger partial charge in [-0.25, -0.2) is 31.8 Å². The van der Waals surface area contributed by atoms with Crippen molar-refractivity contribution in [2.45, 2.75) is 23.0 Å². The van der Waals surface area contributed by atoms with Crippen LogP contribution in [0.1, 0.15) is 17.4 Å². The van der Waals surface area contributed by atoms with Crippen molar-refractivity contribution in [1.82, 2.24) is 35.0 Å². The second kappa shape index (κ2) is 11.9. The predicted molar refractivity (Wildman–Crippen MR) is 139 cm³/mol. The average Bonchev–Trinajstić information content (AvgIpc) is 2.97. The zero-order valence-electron chi connectivity index (χ0n) is 21.7. The van der Waals surface area contributed by atoms with Gasteiger partial charge in [0.2, 0.25) is 5.88 Å². The lowest BCUT2D eigenvalue weighted by molar-refractivity contribution is -0.123. The van der Waals surface area contributed by atoms with E-state index in [9.17, 15) is 26.4 Å². The van der Waals surface area contributed by atoms with Gasteiger partial charge in [0.25, 0.3) is 31.9 Å². The van der Waals surface area contributed by atoms with Gasteiger partial charge < -0.3 is 19.5 Å². The van der Waals surface area contributed by atoms with Gasteiger partial charge in [0.05, 0.1) is 31.0 Å². The van der Waals surface area contributed by atoms with Crippen LogP contribution in [-0.2, 0) is 24.8 Å². The number of rotatable bonds is 11. The van der Waals surface area contributed by atoms with Gasteiger partial charge in [0, 0.05) is 30.6 Å². The second-order valence-corrected chi connectivity index (χ2v) is 11.5. The van der Waals surface area contributed by atoms with Crippen molar-refractivity contribution in [2.75, 3.05) is 26.1 Å². The summed E-state index contributed by atoms with van der Waals surface area (Å²) in [5, 5.41) is 2.99. The Kier molecular flexibility index (Phi) is 8.52. The van der Waals surface area contributed by atoms with E-state index in [1.807, 2.05) is 10.3 Å². The van der Waals surface area contributed by atoms with E-state index in [-0.39, 0.29) is 28.0 Å². The SMILES string of the molecule is COc1cc(OC)cc(S(=O)(=O)NN2C(=O)c3nc(S(=O)(=O)NNC(=O)COc4cnccn4)ccc3NC2C)c1. The second-order valence-electron chi connectivity index (χ2n) is 8.17. The van der Waals surface area contributed by atoms with Crippen LogP contribution in [0.25, 0.3) is 0 Å². The third-order valence-electron chi connectivity index (χ3n) is 5.39. The van der Waals surface area contributed by atoms with E-state index in [0.29, 0.717) is 0 Å². The normalized spacial score (nSPS) is 15.0. The molecule has 2 amide bonds. The average molecular weight is 609 g/mol. The van der Waals surface area contributed by atoms with Gasteiger partial charge in [-0.3, -0.25) is 20.0 Å². The molecule has 2 aromatic heterocycles. The Morgan fingerprint density at radius 2 is 1.76 bits per heavy atom. The van der Waals surface area contributed by atoms with Crippen molar-refractivity contribution < 1.29 is 40.6 Å². The zero-order chi connectivity index (χ0) is 29.8. The van der Waals surface area contributed by atoms with Crippen molar-refractivity contribution in [3.8, 4) is 17.4 Å². The number of amides is 2. The molecule has 0 aliphatic carbocycles. The minimum Gasteiger partial charge on any atom is -0.497 e. The number of anilines is 1. The molecular weight excluding hydrogens is 584 g/mol. The molecule has 0 fully saturated rings. The van der Waals surface area contributed by atoms with Crippen LogP contribution < -0.4 is 34.6 Å². The van der Waals surface area contributed by atoms with Crippen molar-refractivity contribution in [3.05, 3.63) is 54.6 Å². The first-order valence-corrected chi connectivity index (χ1v) is 14.5. The zero-order valence-corrected chi connectivity index (χ0v) is 23.3. The Morgan fingerprint density at radius 3 is 2.39 bits per heavy atom. The summed E-state index contributed by atoms with van der Waals surface area (Å²) in [5.74, 6) is -1.36. The molecule has 4 N–H and O–H groups in total. The largest absolute Gasteiger partial charge is 0.497 e. The van der Waals surface area contributed by atoms with Gasteiger partial charge >= 0.3 is 0 Å². The van der Waals surface area contributed by atoms with Crippen LogP contribution in [0.5, 0.6) is 17.4 Å². The number of nitrogens with one attached hydrogen (secondary N) is 4. The van der Waals surface area contributed by atoms with Gasteiger partial charge in [-0.2, -0.15) is 0 Å². The number of methoxy groups -OCH3 is 2. The number of nitrogens with zero attached hydrogens (tertiary/aromatic N) is 4. The quantitative estimate of drug-likeness (QED) is 0.200. The van der Waals surface area contributed by atoms with Crippen LogP contribution in [0.4, 0.5) is 5.69 Å². The van der Waals surface area contributed by atoms with Crippen LogP contribution in [-0.4, -0.2) is 75.6 Å². The summed E-state index contributed by atoms with van der Waals surface area (Å²) < 4.78 is 67.1. The molecule has 1 aliphatic heterocycles. The van der Waals surface area contributed by atoms with E-state index in [2.05, 4.69) is 25.1 Å². The number of hydrogen-bond donors (Lipinski definition) is 4. The summed E-state index contributed by atoms with van der Waals surface area (Å²) in [6.45, 7) is 0.924. The lowest BCUT2D eigenvalue weighted by Gasteiger charge is -2.34. The Morgan fingerprint density at radius 1 is 1.05 bits per heavy atom. The molecule has 3 aromatic rings. The van der Waals surface area contributed by atoms with Crippen LogP contribution in [0.2, 0.25) is 0 Å². The molecule has 19 heteroatoms. The standard InChI is InChI=1S/C22H24N8O9S2/c1-13-25-17-4-5-20(41(35,36)28-27-18(31)12-39-19-11-23-6-7-24-19)26-21(17)22(32)30(13)29-40(33,34)16-9-14(37-2)8-15(10-16)38-3/h4-11,13,25,28-29H,12H2,1-3H3,(H,27,31). The number of carbonyl (C=O) groups is 2. The van der Waals surface area contributed by atoms with Crippen molar-refractivity contribution in [3.63, 3.8) is 0 Å². The van der Waals surface area contributed by atoms with Gasteiger partial charge in [0.1, 0.15) is 17.7 Å². The highest BCUT2D eigenvalue weighted by molar-refractivity contribution is 7.89. The maximum absolute atomic E-state index is 13.3. The van der Waals surface area contributed by atoms with Crippen molar-refractivity contribution in [2.24, 2.45) is 0 Å². The molecule has 41 heavy (non-hydrogen) atoms. The van der Waals surface area contributed by atoms with E-state index < -0.39 is 55.4 Å². The van der Waals surface area contributed by atoms with Gasteiger partial charge in [-0.15, -0.1) is 9.66 Å². The highest BCUT2D eigenvalue weighted by Crippen LogP contribution is 2.28. The van der Waals surface area contributed by atoms with Crippen LogP contribution in [0.15, 0.2) is 58.8 Å². The number of aromatic nitrogens is 3. The minimum absolute atomic E-state index is 0.0489. The maximum Gasteiger partial charge on any atom is 0.291 e. The lowest BCUT2D eigenvalue weighted by Crippen LogP contribution is -2.56. The van der Waals surface area contributed by atoms with E-state index in [4.69, 9.17) is 14.2 Å². The molecule has 1 aliphatic rings. The predicted octanol–water partition coefficient (Wildman–Crippen LogP) is -0.615. The molecule has 4 rings (SSSR count). The third kappa shape index (κ3) is 6.77. The number of sulfonamides is 2. The fourth-order valence-corrected chi connectivity index (χ4v) is 5.36. The highest BCUT2D eigenvalue weighted by Gasteiger charge is 2.35. The van der Waals surface area contributed by atoms with Crippen LogP contribution in [0, 0.1) is 0 Å². The molecule has 0 spiro atoms. The summed E-state index contributed by atoms with van der Waals surface area (Å²) in [4.78, 5) is 40.5. The molecule has 1 atom stereocenters. The maximum atomic E-state index is 13.3. The van der Waals surface area contributed by atoms with Crippen molar-refractivity contribution >= 4 is 37.5 Å². The molecule has 3 heterocycles. The number of fused-ring (bicyclic) bond motifs is 1. The molecule has 1 aromatic carbocycles. The van der Waals surface area contributed by atoms with Crippen LogP contribution >= 0.6 is 0 Å². The highest BCUT2D eigenvalue weighted by atomic mass is 32.2. The number of hydrogen-bond acceptors (Lipinski definition) is 13. The minimum atomic E-state index is -4.46. The molecule has 17 nitrogen and oxygen atoms in total. The fraction of sp³-hybridized carbons (Fsp3) is 0.227. The van der Waals surface area contributed by atoms with E-state index in [0.717, 1.165) is 11.1 Å². The Balaban J connectivity index is 1.49. The Labute approximate surface area is 234 Å². The molecule has 0 saturated heterocycles. The van der Waals surface area contributed by atoms with Crippen LogP contribution in [0.3, 0.4) is 0 Å². The van der Waals surface area contributed by atoms with Gasteiger partial charge in [-0.1, -0.05) is 0 Å². The number of benzene rings is 1. The Hall–Kier alpha value is -4.59. The first kappa shape index (κ1) is 29.4. The fourth-order valence-electron chi connectivity index (χ4n) is 3.40. The smallest absolute Gasteiger partial charge is 0.291 e. The van der Waals surface area contributed by atoms with E-state index >= 15 is 0 Å². The number of hydrazine groups is 2. The summed E-state index contributed by atoms with van der Waals surface area (Å²) >= 11 is 0. The summed E-state index contributed by atoms with van der Waals surface area (Å²) in [5.41, 5.74) is 1.71. The van der Waals surface area contributed by atoms with Crippen molar-refractivity contribution in [1.29, 1.82) is 0 Å². The van der Waals surface area contributed by atoms with E-state index in [1.54, 1.807) is 0 Å². The van der Waals surface area contributed by atoms with Gasteiger partial charge in [-0.05, 0) is 19.1 Å². The molecular formula is C22H24N8O9S2. The number of ether oxygens (including phenoxy) is 3. The lowest BCUT2D eigenvalue weighted by atomic mass is 10.2. The monoisotopic (exact) mass is 608 g/mol. The molecule has 218 valence electrons. The summed E-state index contributed by atoms with van der Waals surface area (Å²) in [6, 6.07) is 6.31. The molecule has 0 radical (unpaired) electrons.